The van der Waals surface area contributed by atoms with Gasteiger partial charge in [0.25, 0.3) is 5.91 Å². The fraction of sp³-hybridized carbons (Fsp3) is 0.303. The number of nitrogens with one attached hydrogen (secondary N) is 3. The molecule has 204 valence electrons. The van der Waals surface area contributed by atoms with Crippen LogP contribution in [-0.4, -0.2) is 39.7 Å². The van der Waals surface area contributed by atoms with Crippen LogP contribution < -0.4 is 10.6 Å². The number of hydrogen-bond acceptors (Lipinski definition) is 3. The van der Waals surface area contributed by atoms with Crippen LogP contribution in [0.1, 0.15) is 64.6 Å². The minimum Gasteiger partial charge on any atom is -0.356 e. The Morgan fingerprint density at radius 1 is 1.02 bits per heavy atom. The molecule has 2 aliphatic heterocycles. The molecule has 4 aromatic rings. The third kappa shape index (κ3) is 4.35. The van der Waals surface area contributed by atoms with E-state index in [0.717, 1.165) is 45.3 Å². The van der Waals surface area contributed by atoms with E-state index in [9.17, 15) is 14.4 Å². The van der Waals surface area contributed by atoms with Gasteiger partial charge in [-0.25, -0.2) is 0 Å². The Balaban J connectivity index is 1.31. The summed E-state index contributed by atoms with van der Waals surface area (Å²) in [6.07, 6.45) is 1.09. The minimum absolute atomic E-state index is 0.0866. The van der Waals surface area contributed by atoms with E-state index in [0.29, 0.717) is 18.5 Å². The van der Waals surface area contributed by atoms with E-state index in [1.807, 2.05) is 87.5 Å². The van der Waals surface area contributed by atoms with Crippen LogP contribution in [-0.2, 0) is 22.6 Å². The number of rotatable bonds is 7. The van der Waals surface area contributed by atoms with Crippen LogP contribution in [0.15, 0.2) is 72.8 Å². The molecule has 0 spiro atoms. The molecule has 4 atom stereocenters. The lowest BCUT2D eigenvalue weighted by molar-refractivity contribution is -0.133. The van der Waals surface area contributed by atoms with Gasteiger partial charge in [-0.15, -0.1) is 0 Å². The van der Waals surface area contributed by atoms with Crippen molar-refractivity contribution < 1.29 is 14.4 Å². The van der Waals surface area contributed by atoms with Gasteiger partial charge in [-0.3, -0.25) is 14.4 Å². The Bertz CT molecular complexity index is 1610. The van der Waals surface area contributed by atoms with E-state index in [4.69, 9.17) is 0 Å². The number of amides is 3. The van der Waals surface area contributed by atoms with Crippen LogP contribution in [0.3, 0.4) is 0 Å². The molecule has 3 amide bonds. The molecule has 7 nitrogen and oxygen atoms in total. The first-order chi connectivity index (χ1) is 19.4. The van der Waals surface area contributed by atoms with Gasteiger partial charge in [0.2, 0.25) is 11.8 Å². The highest BCUT2D eigenvalue weighted by atomic mass is 16.2. The van der Waals surface area contributed by atoms with Crippen LogP contribution in [0.2, 0.25) is 0 Å². The Morgan fingerprint density at radius 3 is 2.52 bits per heavy atom. The van der Waals surface area contributed by atoms with Crippen molar-refractivity contribution in [1.29, 1.82) is 0 Å². The number of nitrogens with zero attached hydrogens (tertiary/aromatic N) is 1. The molecule has 0 radical (unpaired) electrons. The highest BCUT2D eigenvalue weighted by molar-refractivity contribution is 6.04. The van der Waals surface area contributed by atoms with Crippen molar-refractivity contribution in [1.82, 2.24) is 20.5 Å². The summed E-state index contributed by atoms with van der Waals surface area (Å²) < 4.78 is 0. The summed E-state index contributed by atoms with van der Waals surface area (Å²) in [5, 5.41) is 7.12. The van der Waals surface area contributed by atoms with E-state index >= 15 is 0 Å². The van der Waals surface area contributed by atoms with Gasteiger partial charge in [-0.2, -0.15) is 0 Å². The number of carbonyl (C=O) groups is 3. The first kappa shape index (κ1) is 25.9. The molecule has 0 unspecified atom stereocenters. The fourth-order valence-electron chi connectivity index (χ4n) is 6.09. The molecule has 0 saturated carbocycles. The van der Waals surface area contributed by atoms with Gasteiger partial charge >= 0.3 is 0 Å². The van der Waals surface area contributed by atoms with Gasteiger partial charge in [-0.1, -0.05) is 86.5 Å². The van der Waals surface area contributed by atoms with Crippen molar-refractivity contribution in [3.05, 3.63) is 106 Å². The third-order valence-corrected chi connectivity index (χ3v) is 8.54. The molecule has 3 N–H and O–H groups in total. The smallest absolute Gasteiger partial charge is 0.255 e. The van der Waals surface area contributed by atoms with Gasteiger partial charge in [-0.05, 0) is 41.7 Å². The topological polar surface area (TPSA) is 94.3 Å². The summed E-state index contributed by atoms with van der Waals surface area (Å²) in [5.41, 5.74) is 6.65. The Labute approximate surface area is 234 Å². The molecule has 2 aliphatic rings. The number of carbonyl (C=O) groups excluding carboxylic acids is 3. The number of aryl methyl sites for hydroxylation is 1. The number of H-pyrrole nitrogens is 1. The summed E-state index contributed by atoms with van der Waals surface area (Å²) >= 11 is 0. The first-order valence-electron chi connectivity index (χ1n) is 14.0. The average molecular weight is 535 g/mol. The molecular weight excluding hydrogens is 500 g/mol. The molecule has 40 heavy (non-hydrogen) atoms. The standard InChI is InChI=1S/C33H34N4O3/c1-4-20(3)28(32(39)34-18-21-15-13-19(2)14-16-21)36-31(38)27-17-25-22-9-7-8-12-26(22)35-29(25)30-23-10-5-6-11-24(23)33(40)37(27)30/h5-16,20,27-28,30,35H,4,17-18H2,1-3H3,(H,34,39)(H,36,38)/t20-,27+,28+,30-/m1/s1. The van der Waals surface area contributed by atoms with Crippen molar-refractivity contribution >= 4 is 28.6 Å². The number of hydrogen-bond donors (Lipinski definition) is 3. The second-order valence-corrected chi connectivity index (χ2v) is 11.1. The normalized spacial score (nSPS) is 19.0. The van der Waals surface area contributed by atoms with Crippen LogP contribution in [0.5, 0.6) is 0 Å². The Morgan fingerprint density at radius 2 is 1.75 bits per heavy atom. The van der Waals surface area contributed by atoms with Gasteiger partial charge < -0.3 is 20.5 Å². The van der Waals surface area contributed by atoms with Gasteiger partial charge in [0.1, 0.15) is 12.1 Å². The number of benzene rings is 3. The summed E-state index contributed by atoms with van der Waals surface area (Å²) in [6, 6.07) is 21.8. The maximum Gasteiger partial charge on any atom is 0.255 e. The number of aromatic nitrogens is 1. The van der Waals surface area contributed by atoms with Crippen LogP contribution in [0.4, 0.5) is 0 Å². The van der Waals surface area contributed by atoms with E-state index in [1.165, 1.54) is 0 Å². The van der Waals surface area contributed by atoms with E-state index in [2.05, 4.69) is 21.7 Å². The first-order valence-corrected chi connectivity index (χ1v) is 14.0. The Kier molecular flexibility index (Phi) is 6.66. The maximum absolute atomic E-state index is 14.1. The number of aromatic amines is 1. The molecule has 0 bridgehead atoms. The summed E-state index contributed by atoms with van der Waals surface area (Å²) in [7, 11) is 0. The molecule has 6 rings (SSSR count). The molecule has 0 saturated heterocycles. The van der Waals surface area contributed by atoms with Gasteiger partial charge in [0, 0.05) is 35.1 Å². The molecule has 3 aromatic carbocycles. The maximum atomic E-state index is 14.1. The quantitative estimate of drug-likeness (QED) is 0.318. The molecule has 0 aliphatic carbocycles. The van der Waals surface area contributed by atoms with Gasteiger partial charge in [0.15, 0.2) is 0 Å². The lowest BCUT2D eigenvalue weighted by atomic mass is 9.89. The highest BCUT2D eigenvalue weighted by Crippen LogP contribution is 2.46. The lowest BCUT2D eigenvalue weighted by Crippen LogP contribution is -2.58. The number of para-hydroxylation sites is 1. The van der Waals surface area contributed by atoms with Crippen LogP contribution in [0.25, 0.3) is 10.9 Å². The zero-order valence-electron chi connectivity index (χ0n) is 23.0. The molecule has 7 heteroatoms. The Hall–Kier alpha value is -4.39. The predicted octanol–water partition coefficient (Wildman–Crippen LogP) is 4.79. The minimum atomic E-state index is -0.743. The SMILES string of the molecule is CC[C@@H](C)[C@H](NC(=O)[C@@H]1Cc2c([nH]c3ccccc23)[C@H]2c3ccccc3C(=O)N21)C(=O)NCc1ccc(C)cc1. The summed E-state index contributed by atoms with van der Waals surface area (Å²) in [4.78, 5) is 46.4. The third-order valence-electron chi connectivity index (χ3n) is 8.54. The monoisotopic (exact) mass is 534 g/mol. The lowest BCUT2D eigenvalue weighted by Gasteiger charge is -2.38. The van der Waals surface area contributed by atoms with Crippen molar-refractivity contribution in [3.8, 4) is 0 Å². The average Bonchev–Trinajstić information content (AvgIpc) is 3.50. The van der Waals surface area contributed by atoms with E-state index in [1.54, 1.807) is 4.90 Å². The van der Waals surface area contributed by atoms with Crippen molar-refractivity contribution in [3.63, 3.8) is 0 Å². The van der Waals surface area contributed by atoms with E-state index in [-0.39, 0.29) is 29.7 Å². The zero-order chi connectivity index (χ0) is 28.0. The van der Waals surface area contributed by atoms with Crippen molar-refractivity contribution in [2.75, 3.05) is 0 Å². The van der Waals surface area contributed by atoms with Crippen molar-refractivity contribution in [2.24, 2.45) is 5.92 Å². The molecule has 0 fully saturated rings. The predicted molar refractivity (Wildman–Crippen MR) is 155 cm³/mol. The van der Waals surface area contributed by atoms with Crippen molar-refractivity contribution in [2.45, 2.75) is 58.3 Å². The summed E-state index contributed by atoms with van der Waals surface area (Å²) in [5.74, 6) is -0.775. The molecule has 3 heterocycles. The largest absolute Gasteiger partial charge is 0.356 e. The molecule has 1 aromatic heterocycles. The molecular formula is C33H34N4O3. The van der Waals surface area contributed by atoms with E-state index < -0.39 is 12.1 Å². The second kappa shape index (κ2) is 10.3. The van der Waals surface area contributed by atoms with Crippen LogP contribution in [0, 0.1) is 12.8 Å². The summed E-state index contributed by atoms with van der Waals surface area (Å²) in [6.45, 7) is 6.38. The second-order valence-electron chi connectivity index (χ2n) is 11.1. The highest BCUT2D eigenvalue weighted by Gasteiger charge is 2.49. The van der Waals surface area contributed by atoms with Gasteiger partial charge in [0.05, 0.1) is 6.04 Å². The van der Waals surface area contributed by atoms with Crippen LogP contribution >= 0.6 is 0 Å². The zero-order valence-corrected chi connectivity index (χ0v) is 23.0. The fourth-order valence-corrected chi connectivity index (χ4v) is 6.09. The number of fused-ring (bicyclic) bond motifs is 7.